The zero-order valence-corrected chi connectivity index (χ0v) is 13.9. The highest BCUT2D eigenvalue weighted by molar-refractivity contribution is 7.80. The van der Waals surface area contributed by atoms with Crippen molar-refractivity contribution in [2.45, 2.75) is 45.4 Å². The largest absolute Gasteiger partial charge is 0.389 e. The summed E-state index contributed by atoms with van der Waals surface area (Å²) >= 11 is 4.96. The maximum atomic E-state index is 14.0. The van der Waals surface area contributed by atoms with Gasteiger partial charge < -0.3 is 10.5 Å². The van der Waals surface area contributed by atoms with E-state index in [9.17, 15) is 4.39 Å². The fourth-order valence-electron chi connectivity index (χ4n) is 3.15. The molecule has 1 heterocycles. The summed E-state index contributed by atoms with van der Waals surface area (Å²) in [6.07, 6.45) is 0. The Morgan fingerprint density at radius 1 is 1.29 bits per heavy atom. The van der Waals surface area contributed by atoms with Crippen molar-refractivity contribution >= 4 is 17.2 Å². The number of benzene rings is 1. The summed E-state index contributed by atoms with van der Waals surface area (Å²) in [5.74, 6) is -0.225. The van der Waals surface area contributed by atoms with Crippen LogP contribution in [0.5, 0.6) is 0 Å². The van der Waals surface area contributed by atoms with Gasteiger partial charge in [0.2, 0.25) is 0 Å². The lowest BCUT2D eigenvalue weighted by molar-refractivity contribution is -0.182. The number of rotatable bonds is 3. The Labute approximate surface area is 131 Å². The maximum Gasteiger partial charge on any atom is 0.127 e. The maximum absolute atomic E-state index is 14.0. The lowest BCUT2D eigenvalue weighted by Gasteiger charge is -2.47. The van der Waals surface area contributed by atoms with E-state index >= 15 is 0 Å². The second-order valence-corrected chi connectivity index (χ2v) is 7.38. The van der Waals surface area contributed by atoms with Crippen molar-refractivity contribution in [1.29, 1.82) is 0 Å². The second-order valence-electron chi connectivity index (χ2n) is 6.94. The third-order valence-corrected chi connectivity index (χ3v) is 3.72. The molecule has 0 aliphatic carbocycles. The third kappa shape index (κ3) is 4.22. The van der Waals surface area contributed by atoms with Crippen molar-refractivity contribution in [3.05, 3.63) is 35.1 Å². The molecule has 1 saturated heterocycles. The Balaban J connectivity index is 2.21. The van der Waals surface area contributed by atoms with Gasteiger partial charge >= 0.3 is 0 Å². The average molecular weight is 310 g/mol. The Hall–Kier alpha value is -1.04. The Bertz CT molecular complexity index is 541. The van der Waals surface area contributed by atoms with Gasteiger partial charge in [-0.15, -0.1) is 0 Å². The summed E-state index contributed by atoms with van der Waals surface area (Å²) in [6.45, 7) is 10.3. The van der Waals surface area contributed by atoms with Gasteiger partial charge in [0.05, 0.1) is 11.2 Å². The number of ether oxygens (including phenoxy) is 1. The topological polar surface area (TPSA) is 38.5 Å². The van der Waals surface area contributed by atoms with Gasteiger partial charge in [-0.1, -0.05) is 12.2 Å². The van der Waals surface area contributed by atoms with Gasteiger partial charge in [0.1, 0.15) is 10.8 Å². The normalized spacial score (nSPS) is 21.2. The molecule has 0 amide bonds. The van der Waals surface area contributed by atoms with Gasteiger partial charge in [-0.25, -0.2) is 4.39 Å². The highest BCUT2D eigenvalue weighted by Gasteiger charge is 2.38. The Morgan fingerprint density at radius 2 is 1.86 bits per heavy atom. The molecule has 1 aliphatic heterocycles. The molecule has 21 heavy (non-hydrogen) atoms. The molecule has 0 saturated carbocycles. The van der Waals surface area contributed by atoms with Crippen LogP contribution in [0.25, 0.3) is 0 Å². The van der Waals surface area contributed by atoms with Crippen molar-refractivity contribution in [3.8, 4) is 0 Å². The summed E-state index contributed by atoms with van der Waals surface area (Å²) in [5, 5.41) is 0. The van der Waals surface area contributed by atoms with E-state index in [1.165, 1.54) is 6.07 Å². The number of hydrogen-bond donors (Lipinski definition) is 1. The lowest BCUT2D eigenvalue weighted by atomic mass is 9.98. The molecule has 0 unspecified atom stereocenters. The van der Waals surface area contributed by atoms with E-state index in [-0.39, 0.29) is 17.0 Å². The van der Waals surface area contributed by atoms with Crippen LogP contribution in [0.1, 0.15) is 38.8 Å². The van der Waals surface area contributed by atoms with E-state index < -0.39 is 0 Å². The first kappa shape index (κ1) is 16.3. The molecule has 1 aromatic rings. The molecule has 1 aromatic carbocycles. The highest BCUT2D eigenvalue weighted by Crippen LogP contribution is 2.29. The van der Waals surface area contributed by atoms with E-state index in [4.69, 9.17) is 22.7 Å². The summed E-state index contributed by atoms with van der Waals surface area (Å²) < 4.78 is 20.1. The first-order chi connectivity index (χ1) is 9.58. The first-order valence-electron chi connectivity index (χ1n) is 7.09. The molecule has 0 spiro atoms. The third-order valence-electron chi connectivity index (χ3n) is 3.49. The fraction of sp³-hybridized carbons (Fsp3) is 0.562. The van der Waals surface area contributed by atoms with Crippen molar-refractivity contribution in [3.63, 3.8) is 0 Å². The number of halogens is 1. The van der Waals surface area contributed by atoms with Crippen LogP contribution in [0.3, 0.4) is 0 Å². The highest BCUT2D eigenvalue weighted by atomic mass is 32.1. The van der Waals surface area contributed by atoms with Crippen LogP contribution < -0.4 is 5.73 Å². The molecule has 0 aromatic heterocycles. The minimum atomic E-state index is -0.251. The van der Waals surface area contributed by atoms with Gasteiger partial charge in [0, 0.05) is 30.8 Å². The molecule has 116 valence electrons. The minimum absolute atomic E-state index is 0.225. The van der Waals surface area contributed by atoms with Crippen LogP contribution in [0.4, 0.5) is 4.39 Å². The molecule has 0 atom stereocenters. The van der Waals surface area contributed by atoms with Crippen LogP contribution >= 0.6 is 12.2 Å². The molecule has 0 radical (unpaired) electrons. The molecular formula is C16H23FN2OS. The van der Waals surface area contributed by atoms with Gasteiger partial charge in [-0.3, -0.25) is 4.90 Å². The summed E-state index contributed by atoms with van der Waals surface area (Å²) in [6, 6.07) is 4.79. The molecule has 1 fully saturated rings. The van der Waals surface area contributed by atoms with Crippen LogP contribution in [0.2, 0.25) is 0 Å². The SMILES string of the molecule is CC1(C)CN(Cc2cc(C(N)=S)ccc2F)CC(C)(C)O1. The molecule has 2 rings (SSSR count). The number of nitrogens with two attached hydrogens (primary N) is 1. The van der Waals surface area contributed by atoms with E-state index in [1.807, 2.05) is 0 Å². The van der Waals surface area contributed by atoms with E-state index in [0.29, 0.717) is 22.7 Å². The number of thiocarbonyl (C=S) groups is 1. The van der Waals surface area contributed by atoms with Crippen LogP contribution in [0, 0.1) is 5.82 Å². The lowest BCUT2D eigenvalue weighted by Crippen LogP contribution is -2.56. The van der Waals surface area contributed by atoms with E-state index in [2.05, 4.69) is 32.6 Å². The van der Waals surface area contributed by atoms with Crippen LogP contribution in [-0.4, -0.2) is 34.2 Å². The first-order valence-corrected chi connectivity index (χ1v) is 7.50. The Morgan fingerprint density at radius 3 is 2.38 bits per heavy atom. The number of nitrogens with zero attached hydrogens (tertiary/aromatic N) is 1. The average Bonchev–Trinajstić information content (AvgIpc) is 2.27. The van der Waals surface area contributed by atoms with Gasteiger partial charge in [-0.05, 0) is 45.9 Å². The second kappa shape index (κ2) is 5.63. The minimum Gasteiger partial charge on any atom is -0.389 e. The van der Waals surface area contributed by atoms with Crippen molar-refractivity contribution in [1.82, 2.24) is 4.90 Å². The van der Waals surface area contributed by atoms with Crippen LogP contribution in [0.15, 0.2) is 18.2 Å². The van der Waals surface area contributed by atoms with Crippen LogP contribution in [-0.2, 0) is 11.3 Å². The molecule has 3 nitrogen and oxygen atoms in total. The smallest absolute Gasteiger partial charge is 0.127 e. The van der Waals surface area contributed by atoms with Gasteiger partial charge in [0.15, 0.2) is 0 Å². The van der Waals surface area contributed by atoms with E-state index in [0.717, 1.165) is 13.1 Å². The molecule has 1 aliphatic rings. The van der Waals surface area contributed by atoms with Gasteiger partial charge in [0.25, 0.3) is 0 Å². The molecule has 2 N–H and O–H groups in total. The molecule has 0 bridgehead atoms. The summed E-state index contributed by atoms with van der Waals surface area (Å²) in [5.41, 5.74) is 6.45. The standard InChI is InChI=1S/C16H23FN2OS/c1-15(2)9-19(10-16(3,4)20-15)8-12-7-11(14(18)21)5-6-13(12)17/h5-7H,8-10H2,1-4H3,(H2,18,21). The van der Waals surface area contributed by atoms with E-state index in [1.54, 1.807) is 12.1 Å². The molecular weight excluding hydrogens is 287 g/mol. The predicted octanol–water partition coefficient (Wildman–Crippen LogP) is 2.85. The van der Waals surface area contributed by atoms with Crippen molar-refractivity contribution < 1.29 is 9.13 Å². The number of morpholine rings is 1. The van der Waals surface area contributed by atoms with Gasteiger partial charge in [-0.2, -0.15) is 0 Å². The summed E-state index contributed by atoms with van der Waals surface area (Å²) in [7, 11) is 0. The van der Waals surface area contributed by atoms with Crippen molar-refractivity contribution in [2.24, 2.45) is 5.73 Å². The fourth-order valence-corrected chi connectivity index (χ4v) is 3.27. The zero-order chi connectivity index (χ0) is 15.8. The zero-order valence-electron chi connectivity index (χ0n) is 13.1. The number of hydrogen-bond acceptors (Lipinski definition) is 3. The summed E-state index contributed by atoms with van der Waals surface area (Å²) in [4.78, 5) is 2.50. The monoisotopic (exact) mass is 310 g/mol. The predicted molar refractivity (Wildman–Crippen MR) is 86.8 cm³/mol. The Kier molecular flexibility index (Phi) is 4.38. The van der Waals surface area contributed by atoms with Crippen molar-refractivity contribution in [2.75, 3.05) is 13.1 Å². The quantitative estimate of drug-likeness (QED) is 0.871. The molecule has 5 heteroatoms.